The van der Waals surface area contributed by atoms with Gasteiger partial charge in [0.05, 0.1) is 6.61 Å². The maximum absolute atomic E-state index is 6.00. The maximum Gasteiger partial charge on any atom is 0.181 e. The molecule has 1 aliphatic rings. The van der Waals surface area contributed by atoms with E-state index in [0.717, 1.165) is 71.8 Å². The highest BCUT2D eigenvalue weighted by Gasteiger charge is 2.33. The number of nitrogens with one attached hydrogen (secondary N) is 2. The fourth-order valence-corrected chi connectivity index (χ4v) is 4.54. The molecular weight excluding hydrogens is 416 g/mol. The third-order valence-corrected chi connectivity index (χ3v) is 6.72. The Bertz CT molecular complexity index is 1300. The van der Waals surface area contributed by atoms with Crippen LogP contribution >= 0.6 is 0 Å². The van der Waals surface area contributed by atoms with Crippen LogP contribution in [0.1, 0.15) is 59.0 Å². The lowest BCUT2D eigenvalue weighted by Crippen LogP contribution is -2.33. The van der Waals surface area contributed by atoms with Gasteiger partial charge in [0, 0.05) is 35.9 Å². The van der Waals surface area contributed by atoms with Crippen LogP contribution in [0.15, 0.2) is 12.3 Å². The van der Waals surface area contributed by atoms with Gasteiger partial charge in [-0.3, -0.25) is 5.10 Å². The largest absolute Gasteiger partial charge is 0.368 e. The van der Waals surface area contributed by atoms with Crippen LogP contribution in [0.25, 0.3) is 33.6 Å². The number of anilines is 1. The van der Waals surface area contributed by atoms with E-state index in [-0.39, 0.29) is 0 Å². The SMILES string of the molecule is CCc1[nH]nc2ncc(-c3nc(NCC(CC)CC)c4nc5n(c4n3)CCOC5(C)C)cc12. The number of ether oxygens (including phenoxy) is 1. The van der Waals surface area contributed by atoms with E-state index in [1.54, 1.807) is 6.20 Å². The first-order valence-corrected chi connectivity index (χ1v) is 11.9. The van der Waals surface area contributed by atoms with Crippen LogP contribution in [0.3, 0.4) is 0 Å². The van der Waals surface area contributed by atoms with Crippen LogP contribution in [-0.4, -0.2) is 47.9 Å². The zero-order chi connectivity index (χ0) is 23.2. The maximum atomic E-state index is 6.00. The van der Waals surface area contributed by atoms with Gasteiger partial charge in [-0.25, -0.2) is 19.9 Å². The second-order valence-electron chi connectivity index (χ2n) is 9.23. The van der Waals surface area contributed by atoms with Crippen LogP contribution < -0.4 is 5.32 Å². The Labute approximate surface area is 193 Å². The highest BCUT2D eigenvalue weighted by Crippen LogP contribution is 2.34. The summed E-state index contributed by atoms with van der Waals surface area (Å²) in [6.07, 6.45) is 4.89. The van der Waals surface area contributed by atoms with Gasteiger partial charge in [0.25, 0.3) is 0 Å². The number of rotatable bonds is 7. The number of H-pyrrole nitrogens is 1. The van der Waals surface area contributed by atoms with E-state index in [0.29, 0.717) is 24.0 Å². The molecule has 0 spiro atoms. The minimum Gasteiger partial charge on any atom is -0.368 e. The summed E-state index contributed by atoms with van der Waals surface area (Å²) in [4.78, 5) is 19.4. The van der Waals surface area contributed by atoms with Gasteiger partial charge in [-0.15, -0.1) is 0 Å². The van der Waals surface area contributed by atoms with Crippen molar-refractivity contribution >= 4 is 28.0 Å². The standard InChI is InChI=1S/C24H32N8O/c1-6-14(7-2)12-25-21-18-22(32-9-10-33-24(4,5)23(32)27-18)29-19(28-21)15-11-16-17(8-3)30-31-20(16)26-13-15/h11,13-14H,6-10,12H2,1-5H3,(H,25,28,29)(H,26,30,31). The molecule has 0 fully saturated rings. The number of imidazole rings is 1. The van der Waals surface area contributed by atoms with Gasteiger partial charge in [0.2, 0.25) is 0 Å². The predicted octanol–water partition coefficient (Wildman–Crippen LogP) is 4.44. The molecule has 5 rings (SSSR count). The molecule has 9 nitrogen and oxygen atoms in total. The zero-order valence-corrected chi connectivity index (χ0v) is 20.1. The summed E-state index contributed by atoms with van der Waals surface area (Å²) in [7, 11) is 0. The number of hydrogen-bond acceptors (Lipinski definition) is 7. The predicted molar refractivity (Wildman–Crippen MR) is 129 cm³/mol. The van der Waals surface area contributed by atoms with Crippen LogP contribution in [0.4, 0.5) is 5.82 Å². The van der Waals surface area contributed by atoms with E-state index in [2.05, 4.69) is 65.8 Å². The van der Waals surface area contributed by atoms with Crippen LogP contribution in [-0.2, 0) is 23.3 Å². The molecule has 0 aromatic carbocycles. The zero-order valence-electron chi connectivity index (χ0n) is 20.1. The summed E-state index contributed by atoms with van der Waals surface area (Å²) in [5.41, 5.74) is 3.80. The van der Waals surface area contributed by atoms with Gasteiger partial charge in [-0.05, 0) is 32.3 Å². The average Bonchev–Trinajstić information content (AvgIpc) is 3.41. The molecule has 33 heavy (non-hydrogen) atoms. The van der Waals surface area contributed by atoms with E-state index in [9.17, 15) is 0 Å². The van der Waals surface area contributed by atoms with Crippen molar-refractivity contribution in [3.63, 3.8) is 0 Å². The summed E-state index contributed by atoms with van der Waals surface area (Å²) in [6, 6.07) is 2.08. The van der Waals surface area contributed by atoms with Crippen LogP contribution in [0.2, 0.25) is 0 Å². The molecule has 0 amide bonds. The molecule has 0 atom stereocenters. The van der Waals surface area contributed by atoms with E-state index >= 15 is 0 Å². The molecule has 0 radical (unpaired) electrons. The van der Waals surface area contributed by atoms with Gasteiger partial charge in [-0.2, -0.15) is 5.10 Å². The first-order chi connectivity index (χ1) is 15.9. The Morgan fingerprint density at radius 2 is 2.00 bits per heavy atom. The van der Waals surface area contributed by atoms with Crippen molar-refractivity contribution in [1.29, 1.82) is 0 Å². The van der Waals surface area contributed by atoms with E-state index < -0.39 is 5.60 Å². The molecule has 0 unspecified atom stereocenters. The van der Waals surface area contributed by atoms with E-state index in [1.807, 2.05) is 0 Å². The van der Waals surface area contributed by atoms with Crippen molar-refractivity contribution in [2.75, 3.05) is 18.5 Å². The van der Waals surface area contributed by atoms with Gasteiger partial charge in [0.15, 0.2) is 28.5 Å². The molecule has 9 heteroatoms. The molecule has 5 heterocycles. The molecular formula is C24H32N8O. The first-order valence-electron chi connectivity index (χ1n) is 11.9. The monoisotopic (exact) mass is 448 g/mol. The molecule has 0 saturated carbocycles. The Morgan fingerprint density at radius 3 is 2.76 bits per heavy atom. The number of aryl methyl sites for hydroxylation is 1. The molecule has 2 N–H and O–H groups in total. The highest BCUT2D eigenvalue weighted by molar-refractivity contribution is 5.87. The summed E-state index contributed by atoms with van der Waals surface area (Å²) in [6.45, 7) is 12.9. The minimum absolute atomic E-state index is 0.473. The summed E-state index contributed by atoms with van der Waals surface area (Å²) in [5.74, 6) is 2.87. The lowest BCUT2D eigenvalue weighted by molar-refractivity contribution is -0.0530. The Kier molecular flexibility index (Phi) is 5.52. The summed E-state index contributed by atoms with van der Waals surface area (Å²) in [5, 5.41) is 12.0. The molecule has 4 aromatic rings. The quantitative estimate of drug-likeness (QED) is 0.430. The summed E-state index contributed by atoms with van der Waals surface area (Å²) >= 11 is 0. The van der Waals surface area contributed by atoms with Crippen molar-refractivity contribution < 1.29 is 4.74 Å². The second kappa shape index (κ2) is 8.37. The van der Waals surface area contributed by atoms with Crippen molar-refractivity contribution in [1.82, 2.24) is 34.7 Å². The number of aromatic amines is 1. The van der Waals surface area contributed by atoms with Gasteiger partial charge in [0.1, 0.15) is 11.4 Å². The number of pyridine rings is 1. The highest BCUT2D eigenvalue weighted by atomic mass is 16.5. The first kappa shape index (κ1) is 21.8. The molecule has 1 aliphatic heterocycles. The van der Waals surface area contributed by atoms with E-state index in [1.165, 1.54) is 0 Å². The van der Waals surface area contributed by atoms with Crippen molar-refractivity contribution in [3.05, 3.63) is 23.8 Å². The second-order valence-corrected chi connectivity index (χ2v) is 9.23. The third kappa shape index (κ3) is 3.74. The van der Waals surface area contributed by atoms with Crippen molar-refractivity contribution in [3.8, 4) is 11.4 Å². The molecule has 0 saturated heterocycles. The molecule has 0 bridgehead atoms. The Balaban J connectivity index is 1.68. The number of nitrogens with zero attached hydrogens (tertiary/aromatic N) is 6. The molecule has 4 aromatic heterocycles. The van der Waals surface area contributed by atoms with E-state index in [4.69, 9.17) is 19.7 Å². The fraction of sp³-hybridized carbons (Fsp3) is 0.542. The topological polar surface area (TPSA) is 106 Å². The number of hydrogen-bond donors (Lipinski definition) is 2. The fourth-order valence-electron chi connectivity index (χ4n) is 4.54. The normalized spacial score (nSPS) is 15.5. The number of fused-ring (bicyclic) bond motifs is 4. The van der Waals surface area contributed by atoms with Gasteiger partial charge < -0.3 is 14.6 Å². The average molecular weight is 449 g/mol. The van der Waals surface area contributed by atoms with Gasteiger partial charge in [-0.1, -0.05) is 33.6 Å². The van der Waals surface area contributed by atoms with Crippen LogP contribution in [0.5, 0.6) is 0 Å². The Hall–Kier alpha value is -3.07. The van der Waals surface area contributed by atoms with Crippen molar-refractivity contribution in [2.45, 2.75) is 66.0 Å². The lowest BCUT2D eigenvalue weighted by atomic mass is 10.0. The smallest absolute Gasteiger partial charge is 0.181 e. The summed E-state index contributed by atoms with van der Waals surface area (Å²) < 4.78 is 8.18. The van der Waals surface area contributed by atoms with Crippen molar-refractivity contribution in [2.24, 2.45) is 5.92 Å². The third-order valence-electron chi connectivity index (χ3n) is 6.72. The molecule has 0 aliphatic carbocycles. The lowest BCUT2D eigenvalue weighted by Gasteiger charge is -2.30. The van der Waals surface area contributed by atoms with Gasteiger partial charge >= 0.3 is 0 Å². The molecule has 174 valence electrons. The minimum atomic E-state index is -0.473. The van der Waals surface area contributed by atoms with Crippen LogP contribution in [0, 0.1) is 5.92 Å². The Morgan fingerprint density at radius 1 is 1.18 bits per heavy atom. The number of aromatic nitrogens is 7.